The van der Waals surface area contributed by atoms with E-state index in [4.69, 9.17) is 15.8 Å². The monoisotopic (exact) mass is 329 g/mol. The molecular formula is C14H28BN3O5. The first-order chi connectivity index (χ1) is 10.6. The molecule has 9 heteroatoms. The Hall–Kier alpha value is -1.16. The summed E-state index contributed by atoms with van der Waals surface area (Å²) in [5, 5.41) is 32.9. The number of nitrogens with one attached hydrogen (secondary N) is 2. The molecule has 0 aromatic carbocycles. The van der Waals surface area contributed by atoms with Crippen molar-refractivity contribution < 1.29 is 24.7 Å². The maximum absolute atomic E-state index is 12.4. The van der Waals surface area contributed by atoms with E-state index in [0.29, 0.717) is 19.4 Å². The number of hydrogen-bond donors (Lipinski definition) is 6. The van der Waals surface area contributed by atoms with Crippen molar-refractivity contribution in [3.8, 4) is 0 Å². The molecule has 0 unspecified atom stereocenters. The zero-order valence-electron chi connectivity index (χ0n) is 14.0. The fourth-order valence-corrected chi connectivity index (χ4v) is 2.71. The fraction of sp³-hybridized carbons (Fsp3) is 0.857. The number of carbonyl (C=O) groups excluding carboxylic acids is 1. The van der Waals surface area contributed by atoms with Crippen LogP contribution in [-0.4, -0.2) is 58.3 Å². The molecule has 0 bridgehead atoms. The SMILES string of the molecule is CC(C)[C@@](C)(N)C(=O)N[C@H]1CN[C@H](C(=O)O)[C@@H]1CCCB(O)O. The Labute approximate surface area is 137 Å². The zero-order chi connectivity index (χ0) is 17.8. The minimum absolute atomic E-state index is 0.0601. The number of carboxylic acid groups (broad SMARTS) is 1. The second-order valence-electron chi connectivity index (χ2n) is 6.82. The molecule has 7 N–H and O–H groups in total. The van der Waals surface area contributed by atoms with Gasteiger partial charge in [-0.2, -0.15) is 0 Å². The van der Waals surface area contributed by atoms with E-state index in [1.165, 1.54) is 0 Å². The third kappa shape index (κ3) is 5.17. The van der Waals surface area contributed by atoms with Crippen molar-refractivity contribution in [3.05, 3.63) is 0 Å². The third-order valence-corrected chi connectivity index (χ3v) is 4.77. The molecule has 1 saturated heterocycles. The topological polar surface area (TPSA) is 145 Å². The summed E-state index contributed by atoms with van der Waals surface area (Å²) < 4.78 is 0. The Bertz CT molecular complexity index is 431. The van der Waals surface area contributed by atoms with Crippen LogP contribution in [0.1, 0.15) is 33.6 Å². The van der Waals surface area contributed by atoms with Crippen LogP contribution in [0.3, 0.4) is 0 Å². The van der Waals surface area contributed by atoms with Crippen LogP contribution in [0.5, 0.6) is 0 Å². The highest BCUT2D eigenvalue weighted by atomic mass is 16.4. The summed E-state index contributed by atoms with van der Waals surface area (Å²) in [6.07, 6.45) is 1.10. The van der Waals surface area contributed by atoms with Crippen molar-refractivity contribution in [1.82, 2.24) is 10.6 Å². The smallest absolute Gasteiger partial charge is 0.451 e. The van der Waals surface area contributed by atoms with Gasteiger partial charge in [0.2, 0.25) is 5.91 Å². The lowest BCUT2D eigenvalue weighted by Crippen LogP contribution is -2.58. The van der Waals surface area contributed by atoms with E-state index in [1.807, 2.05) is 13.8 Å². The Morgan fingerprint density at radius 1 is 1.43 bits per heavy atom. The molecule has 1 amide bonds. The molecule has 1 rings (SSSR count). The number of amides is 1. The highest BCUT2D eigenvalue weighted by Gasteiger charge is 2.42. The van der Waals surface area contributed by atoms with Crippen LogP contribution in [0.15, 0.2) is 0 Å². The van der Waals surface area contributed by atoms with Crippen LogP contribution in [0, 0.1) is 11.8 Å². The van der Waals surface area contributed by atoms with Crippen LogP contribution in [-0.2, 0) is 9.59 Å². The normalized spacial score (nSPS) is 26.8. The summed E-state index contributed by atoms with van der Waals surface area (Å²) in [7, 11) is -1.41. The molecule has 1 aliphatic rings. The van der Waals surface area contributed by atoms with Crippen LogP contribution < -0.4 is 16.4 Å². The van der Waals surface area contributed by atoms with Gasteiger partial charge in [-0.15, -0.1) is 0 Å². The third-order valence-electron chi connectivity index (χ3n) is 4.77. The van der Waals surface area contributed by atoms with Crippen LogP contribution in [0.4, 0.5) is 0 Å². The number of carboxylic acids is 1. The van der Waals surface area contributed by atoms with Crippen molar-refractivity contribution >= 4 is 19.0 Å². The molecule has 8 nitrogen and oxygen atoms in total. The summed E-state index contributed by atoms with van der Waals surface area (Å²) in [4.78, 5) is 23.7. The van der Waals surface area contributed by atoms with Gasteiger partial charge in [-0.3, -0.25) is 9.59 Å². The van der Waals surface area contributed by atoms with Crippen molar-refractivity contribution in [2.24, 2.45) is 17.6 Å². The highest BCUT2D eigenvalue weighted by Crippen LogP contribution is 2.24. The lowest BCUT2D eigenvalue weighted by atomic mass is 9.80. The van der Waals surface area contributed by atoms with Gasteiger partial charge in [0.25, 0.3) is 0 Å². The Morgan fingerprint density at radius 3 is 2.52 bits per heavy atom. The quantitative estimate of drug-likeness (QED) is 0.306. The molecule has 0 radical (unpaired) electrons. The predicted octanol–water partition coefficient (Wildman–Crippen LogP) is -1.23. The molecule has 1 aliphatic heterocycles. The molecule has 1 heterocycles. The summed E-state index contributed by atoms with van der Waals surface area (Å²) in [5.74, 6) is -1.67. The summed E-state index contributed by atoms with van der Waals surface area (Å²) in [6.45, 7) is 5.71. The largest absolute Gasteiger partial charge is 0.480 e. The molecular weight excluding hydrogens is 301 g/mol. The minimum Gasteiger partial charge on any atom is -0.480 e. The van der Waals surface area contributed by atoms with Gasteiger partial charge in [-0.05, 0) is 25.6 Å². The number of rotatable bonds is 8. The zero-order valence-corrected chi connectivity index (χ0v) is 14.0. The van der Waals surface area contributed by atoms with Crippen LogP contribution in [0.25, 0.3) is 0 Å². The minimum atomic E-state index is -1.41. The van der Waals surface area contributed by atoms with Gasteiger partial charge >= 0.3 is 13.1 Å². The van der Waals surface area contributed by atoms with E-state index in [9.17, 15) is 14.7 Å². The average molecular weight is 329 g/mol. The number of hydrogen-bond acceptors (Lipinski definition) is 6. The van der Waals surface area contributed by atoms with Gasteiger partial charge < -0.3 is 31.5 Å². The van der Waals surface area contributed by atoms with Gasteiger partial charge in [0.15, 0.2) is 0 Å². The highest BCUT2D eigenvalue weighted by molar-refractivity contribution is 6.40. The Kier molecular flexibility index (Phi) is 7.00. The number of carbonyl (C=O) groups is 2. The number of aliphatic carboxylic acids is 1. The lowest BCUT2D eigenvalue weighted by Gasteiger charge is -2.31. The molecule has 132 valence electrons. The van der Waals surface area contributed by atoms with Gasteiger partial charge in [0, 0.05) is 18.5 Å². The van der Waals surface area contributed by atoms with Crippen molar-refractivity contribution in [3.63, 3.8) is 0 Å². The van der Waals surface area contributed by atoms with Crippen molar-refractivity contribution in [2.75, 3.05) is 6.54 Å². The van der Waals surface area contributed by atoms with Crippen molar-refractivity contribution in [1.29, 1.82) is 0 Å². The van der Waals surface area contributed by atoms with Crippen LogP contribution >= 0.6 is 0 Å². The second kappa shape index (κ2) is 8.10. The Balaban J connectivity index is 2.74. The molecule has 0 aromatic rings. The molecule has 1 fully saturated rings. The van der Waals surface area contributed by atoms with E-state index in [2.05, 4.69) is 10.6 Å². The van der Waals surface area contributed by atoms with Crippen molar-refractivity contribution in [2.45, 2.75) is 57.6 Å². The molecule has 4 atom stereocenters. The van der Waals surface area contributed by atoms with Gasteiger partial charge in [-0.25, -0.2) is 0 Å². The maximum Gasteiger partial charge on any atom is 0.451 e. The average Bonchev–Trinajstić information content (AvgIpc) is 2.81. The fourth-order valence-electron chi connectivity index (χ4n) is 2.71. The molecule has 0 aliphatic carbocycles. The molecule has 0 saturated carbocycles. The van der Waals surface area contributed by atoms with E-state index in [0.717, 1.165) is 0 Å². The van der Waals surface area contributed by atoms with E-state index < -0.39 is 24.7 Å². The molecule has 23 heavy (non-hydrogen) atoms. The van der Waals surface area contributed by atoms with Gasteiger partial charge in [-0.1, -0.05) is 20.3 Å². The first kappa shape index (κ1) is 19.9. The summed E-state index contributed by atoms with van der Waals surface area (Å²) >= 11 is 0. The molecule has 0 aromatic heterocycles. The first-order valence-corrected chi connectivity index (χ1v) is 7.99. The van der Waals surface area contributed by atoms with Gasteiger partial charge in [0.1, 0.15) is 6.04 Å². The van der Waals surface area contributed by atoms with Crippen LogP contribution in [0.2, 0.25) is 6.32 Å². The number of nitrogens with two attached hydrogens (primary N) is 1. The van der Waals surface area contributed by atoms with Gasteiger partial charge in [0.05, 0.1) is 5.54 Å². The van der Waals surface area contributed by atoms with E-state index >= 15 is 0 Å². The lowest BCUT2D eigenvalue weighted by molar-refractivity contribution is -0.140. The van der Waals surface area contributed by atoms with E-state index in [1.54, 1.807) is 6.92 Å². The predicted molar refractivity (Wildman–Crippen MR) is 86.5 cm³/mol. The molecule has 0 spiro atoms. The summed E-state index contributed by atoms with van der Waals surface area (Å²) in [6, 6.07) is -1.11. The Morgan fingerprint density at radius 2 is 2.04 bits per heavy atom. The maximum atomic E-state index is 12.4. The standard InChI is InChI=1S/C14H28BN3O5/c1-8(2)14(3,16)13(21)18-10-7-17-11(12(19)20)9(10)5-4-6-15(22)23/h8-11,17,22-23H,4-7,16H2,1-3H3,(H,18,21)(H,19,20)/t9-,10+,11+,14-/m1/s1. The first-order valence-electron chi connectivity index (χ1n) is 7.99. The summed E-state index contributed by atoms with van der Waals surface area (Å²) in [5.41, 5.74) is 5.01. The van der Waals surface area contributed by atoms with E-state index in [-0.39, 0.29) is 30.1 Å². The second-order valence-corrected chi connectivity index (χ2v) is 6.82.